The SMILES string of the molecule is Nc1c([N+](=O)[O-])nn(CN(Cn2nc([N+](=O)[O-])c(N)c2[N+](=O)[O-])[N+](=O)[O-])c1[N+](=O)[O-]. The van der Waals surface area contributed by atoms with Gasteiger partial charge in [-0.3, -0.25) is 0 Å². The molecule has 2 aromatic heterocycles. The van der Waals surface area contributed by atoms with Crippen molar-refractivity contribution in [1.29, 1.82) is 0 Å². The molecule has 0 atom stereocenters. The van der Waals surface area contributed by atoms with E-state index in [4.69, 9.17) is 11.5 Å². The summed E-state index contributed by atoms with van der Waals surface area (Å²) in [6.45, 7) is -2.35. The largest absolute Gasteiger partial charge is 0.443 e. The maximum absolute atomic E-state index is 11.3. The van der Waals surface area contributed by atoms with Crippen LogP contribution in [0.4, 0.5) is 34.6 Å². The van der Waals surface area contributed by atoms with Crippen LogP contribution >= 0.6 is 0 Å². The minimum absolute atomic E-state index is 0.0341. The molecule has 2 aromatic rings. The first-order chi connectivity index (χ1) is 13.9. The number of rotatable bonds is 9. The zero-order valence-electron chi connectivity index (χ0n) is 14.1. The van der Waals surface area contributed by atoms with Crippen molar-refractivity contribution in [2.24, 2.45) is 0 Å². The van der Waals surface area contributed by atoms with E-state index in [1.807, 2.05) is 0 Å². The Bertz CT molecular complexity index is 1010. The lowest BCUT2D eigenvalue weighted by molar-refractivity contribution is -0.671. The first kappa shape index (κ1) is 21.1. The van der Waals surface area contributed by atoms with E-state index in [1.165, 1.54) is 0 Å². The molecule has 0 amide bonds. The zero-order chi connectivity index (χ0) is 22.9. The molecule has 22 nitrogen and oxygen atoms in total. The fraction of sp³-hybridized carbons (Fsp3) is 0.250. The number of nitrogens with two attached hydrogens (primary N) is 2. The molecule has 0 unspecified atom stereocenters. The third-order valence-corrected chi connectivity index (χ3v) is 3.40. The molecule has 0 saturated heterocycles. The van der Waals surface area contributed by atoms with Crippen LogP contribution in [0.25, 0.3) is 0 Å². The molecule has 160 valence electrons. The van der Waals surface area contributed by atoms with E-state index in [2.05, 4.69) is 10.2 Å². The summed E-state index contributed by atoms with van der Waals surface area (Å²) in [7, 11) is 0. The maximum atomic E-state index is 11.3. The van der Waals surface area contributed by atoms with Gasteiger partial charge in [-0.1, -0.05) is 0 Å². The molecule has 0 aliphatic heterocycles. The highest BCUT2D eigenvalue weighted by Gasteiger charge is 2.41. The topological polar surface area (TPSA) is 307 Å². The van der Waals surface area contributed by atoms with E-state index in [0.29, 0.717) is 0 Å². The molecule has 0 aliphatic rings. The predicted molar refractivity (Wildman–Crippen MR) is 88.7 cm³/mol. The fourth-order valence-electron chi connectivity index (χ4n) is 2.22. The van der Waals surface area contributed by atoms with Gasteiger partial charge in [0.05, 0.1) is 0 Å². The van der Waals surface area contributed by atoms with Gasteiger partial charge in [-0.25, -0.2) is 10.1 Å². The molecule has 0 spiro atoms. The molecular formula is C8H8N12O10. The van der Waals surface area contributed by atoms with Crippen molar-refractivity contribution in [2.75, 3.05) is 11.5 Å². The summed E-state index contributed by atoms with van der Waals surface area (Å²) >= 11 is 0. The van der Waals surface area contributed by atoms with E-state index in [0.717, 1.165) is 0 Å². The highest BCUT2D eigenvalue weighted by atomic mass is 16.7. The second-order valence-electron chi connectivity index (χ2n) is 5.18. The summed E-state index contributed by atoms with van der Waals surface area (Å²) in [5.74, 6) is -4.63. The molecule has 4 N–H and O–H groups in total. The van der Waals surface area contributed by atoms with Crippen molar-refractivity contribution >= 4 is 34.6 Å². The van der Waals surface area contributed by atoms with Crippen LogP contribution in [-0.4, -0.2) is 49.3 Å². The van der Waals surface area contributed by atoms with E-state index in [9.17, 15) is 50.6 Å². The van der Waals surface area contributed by atoms with E-state index in [-0.39, 0.29) is 14.4 Å². The fourth-order valence-corrected chi connectivity index (χ4v) is 2.22. The van der Waals surface area contributed by atoms with Crippen LogP contribution in [0, 0.1) is 50.6 Å². The average molecular weight is 432 g/mol. The Labute approximate surface area is 160 Å². The van der Waals surface area contributed by atoms with Crippen LogP contribution in [-0.2, 0) is 13.3 Å². The van der Waals surface area contributed by atoms with Gasteiger partial charge in [0.1, 0.15) is 0 Å². The Morgan fingerprint density at radius 3 is 1.27 bits per heavy atom. The van der Waals surface area contributed by atoms with Crippen LogP contribution in [0.5, 0.6) is 0 Å². The van der Waals surface area contributed by atoms with E-state index < -0.39 is 72.7 Å². The smallest absolute Gasteiger partial charge is 0.385 e. The van der Waals surface area contributed by atoms with Crippen LogP contribution < -0.4 is 11.5 Å². The Kier molecular flexibility index (Phi) is 5.24. The molecule has 30 heavy (non-hydrogen) atoms. The molecule has 2 heterocycles. The van der Waals surface area contributed by atoms with Crippen molar-refractivity contribution in [2.45, 2.75) is 13.3 Å². The Hall–Kier alpha value is -5.18. The minimum Gasteiger partial charge on any atom is -0.385 e. The van der Waals surface area contributed by atoms with Crippen molar-refractivity contribution in [3.63, 3.8) is 0 Å². The Morgan fingerprint density at radius 2 is 1.03 bits per heavy atom. The predicted octanol–water partition coefficient (Wildman–Crippen LogP) is -1.01. The molecular weight excluding hydrogens is 424 g/mol. The zero-order valence-corrected chi connectivity index (χ0v) is 14.1. The van der Waals surface area contributed by atoms with Crippen molar-refractivity contribution in [1.82, 2.24) is 24.6 Å². The molecule has 22 heteroatoms. The molecule has 0 bridgehead atoms. The van der Waals surface area contributed by atoms with Gasteiger partial charge in [0.15, 0.2) is 15.2 Å². The van der Waals surface area contributed by atoms with Gasteiger partial charge in [0.25, 0.3) is 13.3 Å². The van der Waals surface area contributed by atoms with Crippen LogP contribution in [0.3, 0.4) is 0 Å². The summed E-state index contributed by atoms with van der Waals surface area (Å²) in [6, 6.07) is 0. The minimum atomic E-state index is -1.21. The van der Waals surface area contributed by atoms with Crippen LogP contribution in [0.1, 0.15) is 0 Å². The van der Waals surface area contributed by atoms with Crippen LogP contribution in [0.15, 0.2) is 0 Å². The van der Waals surface area contributed by atoms with Crippen molar-refractivity contribution in [3.8, 4) is 0 Å². The number of hydrazine groups is 1. The first-order valence-electron chi connectivity index (χ1n) is 7.06. The summed E-state index contributed by atoms with van der Waals surface area (Å²) in [4.78, 5) is 50.5. The molecule has 2 rings (SSSR count). The van der Waals surface area contributed by atoms with Gasteiger partial charge in [0, 0.05) is 0 Å². The average Bonchev–Trinajstić information content (AvgIpc) is 3.11. The third-order valence-electron chi connectivity index (χ3n) is 3.40. The molecule has 0 radical (unpaired) electrons. The quantitative estimate of drug-likeness (QED) is 0.354. The standard InChI is InChI=1S/C8H8N12O10/c9-3-5(16(21)22)11-14(7(3)18(25)26)1-13(20(29)30)2-15-8(19(27)28)4(10)6(12-15)17(23)24/h1-2,9-10H2. The Morgan fingerprint density at radius 1 is 0.700 bits per heavy atom. The summed E-state index contributed by atoms with van der Waals surface area (Å²) in [5.41, 5.74) is 8.58. The highest BCUT2D eigenvalue weighted by molar-refractivity contribution is 5.65. The maximum Gasteiger partial charge on any atom is 0.443 e. The van der Waals surface area contributed by atoms with E-state index >= 15 is 0 Å². The number of nitrogens with zero attached hydrogens (tertiary/aromatic N) is 10. The van der Waals surface area contributed by atoms with Gasteiger partial charge < -0.3 is 51.9 Å². The van der Waals surface area contributed by atoms with Crippen molar-refractivity contribution < 1.29 is 24.7 Å². The van der Waals surface area contributed by atoms with Crippen LogP contribution in [0.2, 0.25) is 0 Å². The van der Waals surface area contributed by atoms with Gasteiger partial charge in [0.2, 0.25) is 11.4 Å². The lowest BCUT2D eigenvalue weighted by Crippen LogP contribution is -2.35. The number of nitro groups is 5. The van der Waals surface area contributed by atoms with Gasteiger partial charge in [-0.15, -0.1) is 0 Å². The Balaban J connectivity index is 2.51. The van der Waals surface area contributed by atoms with Gasteiger partial charge in [-0.2, -0.15) is 0 Å². The molecule has 0 fully saturated rings. The number of aromatic nitrogens is 4. The molecule has 0 aromatic carbocycles. The van der Waals surface area contributed by atoms with Crippen molar-refractivity contribution in [3.05, 3.63) is 50.6 Å². The first-order valence-corrected chi connectivity index (χ1v) is 7.06. The highest BCUT2D eigenvalue weighted by Crippen LogP contribution is 2.32. The summed E-state index contributed by atoms with van der Waals surface area (Å²) in [5, 5.41) is 60.5. The summed E-state index contributed by atoms with van der Waals surface area (Å²) in [6.07, 6.45) is 0. The lowest BCUT2D eigenvalue weighted by Gasteiger charge is -2.07. The number of anilines is 2. The molecule has 0 saturated carbocycles. The normalized spacial score (nSPS) is 10.5. The number of hydrogen-bond donors (Lipinski definition) is 2. The number of nitrogen functional groups attached to an aromatic ring is 2. The summed E-state index contributed by atoms with van der Waals surface area (Å²) < 4.78 is 0.396. The second-order valence-corrected chi connectivity index (χ2v) is 5.18. The monoisotopic (exact) mass is 432 g/mol. The van der Waals surface area contributed by atoms with E-state index in [1.54, 1.807) is 0 Å². The number of hydrogen-bond acceptors (Lipinski definition) is 14. The third kappa shape index (κ3) is 3.62. The lowest BCUT2D eigenvalue weighted by atomic mass is 10.5. The van der Waals surface area contributed by atoms with Gasteiger partial charge in [-0.05, 0) is 34.1 Å². The molecule has 0 aliphatic carbocycles. The van der Waals surface area contributed by atoms with Gasteiger partial charge >= 0.3 is 23.3 Å². The second kappa shape index (κ2) is 7.44.